The molecule has 2 saturated heterocycles. The summed E-state index contributed by atoms with van der Waals surface area (Å²) < 4.78 is 8.80. The van der Waals surface area contributed by atoms with Gasteiger partial charge in [0.2, 0.25) is 11.9 Å². The van der Waals surface area contributed by atoms with Crippen molar-refractivity contribution in [1.29, 1.82) is 0 Å². The number of benzene rings is 1. The first-order chi connectivity index (χ1) is 20.9. The molecule has 1 saturated carbocycles. The highest BCUT2D eigenvalue weighted by molar-refractivity contribution is 5.78. The summed E-state index contributed by atoms with van der Waals surface area (Å²) in [4.78, 5) is 41.8. The lowest BCUT2D eigenvalue weighted by Crippen LogP contribution is -2.44. The first kappa shape index (κ1) is 27.5. The lowest BCUT2D eigenvalue weighted by atomic mass is 9.81. The maximum absolute atomic E-state index is 13.4. The highest BCUT2D eigenvalue weighted by Gasteiger charge is 2.37. The molecular weight excluding hydrogens is 542 g/mol. The smallest absolute Gasteiger partial charge is 0.278 e. The monoisotopic (exact) mass is 579 g/mol. The predicted molar refractivity (Wildman–Crippen MR) is 165 cm³/mol. The van der Waals surface area contributed by atoms with Gasteiger partial charge in [-0.1, -0.05) is 24.3 Å². The molecule has 5 heterocycles. The average Bonchev–Trinajstić information content (AvgIpc) is 3.57. The Hall–Kier alpha value is -4.31. The zero-order valence-corrected chi connectivity index (χ0v) is 24.5. The molecule has 10 heteroatoms. The number of anilines is 2. The van der Waals surface area contributed by atoms with E-state index in [9.17, 15) is 9.59 Å². The van der Waals surface area contributed by atoms with Gasteiger partial charge in [0.05, 0.1) is 30.9 Å². The number of carbonyl (C=O) groups excluding carboxylic acids is 1. The van der Waals surface area contributed by atoms with E-state index in [1.165, 1.54) is 5.56 Å². The van der Waals surface area contributed by atoms with Crippen LogP contribution in [0, 0.1) is 0 Å². The minimum absolute atomic E-state index is 0.150. The standard InChI is InChI=1S/C33H37N7O3/c1-3-17-39-31(42)26-19-34-32(37-30(26)40(39)28-7-4-6-27(36-28)33(2)20-43-21-33)35-24-13-9-22(10-14-24)23-11-15-25(16-12-23)38-18-5-8-29(38)41/h3-4,6-7,9-10,13-14,19,23,25H,1,5,8,11-12,15-18,20-21H2,2H3,(H,34,35,37). The molecule has 10 nitrogen and oxygen atoms in total. The fourth-order valence-electron chi connectivity index (χ4n) is 6.79. The summed E-state index contributed by atoms with van der Waals surface area (Å²) in [7, 11) is 0. The second-order valence-corrected chi connectivity index (χ2v) is 12.3. The van der Waals surface area contributed by atoms with Crippen LogP contribution >= 0.6 is 0 Å². The number of hydrogen-bond donors (Lipinski definition) is 1. The molecule has 0 atom stereocenters. The molecule has 1 aromatic carbocycles. The molecule has 0 unspecified atom stereocenters. The van der Waals surface area contributed by atoms with Crippen molar-refractivity contribution in [3.63, 3.8) is 0 Å². The number of amides is 1. The number of rotatable bonds is 8. The van der Waals surface area contributed by atoms with Crippen molar-refractivity contribution >= 4 is 28.6 Å². The fraction of sp³-hybridized carbons (Fsp3) is 0.424. The second kappa shape index (κ2) is 11.1. The summed E-state index contributed by atoms with van der Waals surface area (Å²) in [5.41, 5.74) is 3.25. The summed E-state index contributed by atoms with van der Waals surface area (Å²) >= 11 is 0. The Morgan fingerprint density at radius 2 is 1.86 bits per heavy atom. The van der Waals surface area contributed by atoms with Crippen LogP contribution in [0.3, 0.4) is 0 Å². The van der Waals surface area contributed by atoms with Gasteiger partial charge in [-0.3, -0.25) is 9.59 Å². The third-order valence-corrected chi connectivity index (χ3v) is 9.27. The third-order valence-electron chi connectivity index (χ3n) is 9.27. The van der Waals surface area contributed by atoms with Crippen LogP contribution in [0.1, 0.15) is 62.6 Å². The number of carbonyl (C=O) groups is 1. The van der Waals surface area contributed by atoms with Gasteiger partial charge in [0, 0.05) is 30.9 Å². The van der Waals surface area contributed by atoms with E-state index in [-0.39, 0.29) is 11.0 Å². The minimum atomic E-state index is -0.194. The Morgan fingerprint density at radius 1 is 1.07 bits per heavy atom. The molecule has 1 aliphatic carbocycles. The summed E-state index contributed by atoms with van der Waals surface area (Å²) in [6, 6.07) is 14.7. The molecule has 7 rings (SSSR count). The lowest BCUT2D eigenvalue weighted by Gasteiger charge is -2.37. The van der Waals surface area contributed by atoms with E-state index in [1.54, 1.807) is 21.6 Å². The maximum Gasteiger partial charge on any atom is 0.278 e. The Morgan fingerprint density at radius 3 is 2.53 bits per heavy atom. The number of nitrogens with one attached hydrogen (secondary N) is 1. The predicted octanol–water partition coefficient (Wildman–Crippen LogP) is 4.84. The fourth-order valence-corrected chi connectivity index (χ4v) is 6.79. The van der Waals surface area contributed by atoms with Crippen LogP contribution in [0.15, 0.2) is 66.1 Å². The number of aromatic nitrogens is 5. The second-order valence-electron chi connectivity index (χ2n) is 12.3. The van der Waals surface area contributed by atoms with E-state index < -0.39 is 0 Å². The molecule has 222 valence electrons. The van der Waals surface area contributed by atoms with Gasteiger partial charge in [0.15, 0.2) is 11.5 Å². The van der Waals surface area contributed by atoms with Crippen LogP contribution < -0.4 is 10.9 Å². The number of pyridine rings is 1. The number of likely N-dealkylation sites (tertiary alicyclic amines) is 1. The minimum Gasteiger partial charge on any atom is -0.379 e. The number of ether oxygens (including phenoxy) is 1. The van der Waals surface area contributed by atoms with Crippen LogP contribution in [-0.2, 0) is 21.5 Å². The van der Waals surface area contributed by atoms with Gasteiger partial charge in [0.25, 0.3) is 5.56 Å². The first-order valence-corrected chi connectivity index (χ1v) is 15.2. The number of hydrogen-bond acceptors (Lipinski definition) is 7. The number of nitrogens with zero attached hydrogens (tertiary/aromatic N) is 6. The van der Waals surface area contributed by atoms with Crippen molar-refractivity contribution in [1.82, 2.24) is 29.2 Å². The summed E-state index contributed by atoms with van der Waals surface area (Å²) in [6.45, 7) is 8.44. The average molecular weight is 580 g/mol. The normalized spacial score (nSPS) is 21.6. The Balaban J connectivity index is 1.12. The van der Waals surface area contributed by atoms with Crippen molar-refractivity contribution in [3.05, 3.63) is 82.9 Å². The molecular formula is C33H37N7O3. The molecule has 2 aliphatic heterocycles. The third kappa shape index (κ3) is 5.03. The highest BCUT2D eigenvalue weighted by Crippen LogP contribution is 2.36. The molecule has 1 amide bonds. The van der Waals surface area contributed by atoms with E-state index in [1.807, 2.05) is 18.2 Å². The van der Waals surface area contributed by atoms with Crippen LogP contribution in [0.25, 0.3) is 16.9 Å². The van der Waals surface area contributed by atoms with E-state index >= 15 is 0 Å². The van der Waals surface area contributed by atoms with Gasteiger partial charge in [-0.15, -0.1) is 6.58 Å². The number of allylic oxidation sites excluding steroid dienone is 1. The summed E-state index contributed by atoms with van der Waals surface area (Å²) in [5.74, 6) is 1.84. The van der Waals surface area contributed by atoms with Crippen molar-refractivity contribution < 1.29 is 9.53 Å². The van der Waals surface area contributed by atoms with Gasteiger partial charge in [-0.2, -0.15) is 4.98 Å². The van der Waals surface area contributed by atoms with Crippen molar-refractivity contribution in [2.45, 2.75) is 69.4 Å². The van der Waals surface area contributed by atoms with E-state index in [4.69, 9.17) is 14.7 Å². The van der Waals surface area contributed by atoms with Crippen LogP contribution in [-0.4, -0.2) is 60.9 Å². The molecule has 3 aromatic heterocycles. The molecule has 3 fully saturated rings. The highest BCUT2D eigenvalue weighted by atomic mass is 16.5. The van der Waals surface area contributed by atoms with Crippen molar-refractivity contribution in [3.8, 4) is 5.82 Å². The summed E-state index contributed by atoms with van der Waals surface area (Å²) in [6.07, 6.45) is 9.32. The van der Waals surface area contributed by atoms with Crippen molar-refractivity contribution in [2.24, 2.45) is 0 Å². The Labute approximate surface area is 250 Å². The molecule has 4 aromatic rings. The van der Waals surface area contributed by atoms with E-state index in [0.29, 0.717) is 66.8 Å². The largest absolute Gasteiger partial charge is 0.379 e. The molecule has 0 bridgehead atoms. The van der Waals surface area contributed by atoms with Gasteiger partial charge < -0.3 is 15.0 Å². The first-order valence-electron chi connectivity index (χ1n) is 15.2. The molecule has 1 N–H and O–H groups in total. The van der Waals surface area contributed by atoms with E-state index in [0.717, 1.165) is 50.0 Å². The van der Waals surface area contributed by atoms with Gasteiger partial charge in [0.1, 0.15) is 5.39 Å². The van der Waals surface area contributed by atoms with Gasteiger partial charge >= 0.3 is 0 Å². The molecule has 0 spiro atoms. The Bertz CT molecular complexity index is 1730. The zero-order chi connectivity index (χ0) is 29.6. The quantitative estimate of drug-likeness (QED) is 0.298. The zero-order valence-electron chi connectivity index (χ0n) is 24.5. The molecule has 3 aliphatic rings. The van der Waals surface area contributed by atoms with Gasteiger partial charge in [-0.05, 0) is 74.8 Å². The van der Waals surface area contributed by atoms with Crippen LogP contribution in [0.4, 0.5) is 11.6 Å². The topological polar surface area (TPSA) is 107 Å². The Kier molecular flexibility index (Phi) is 7.09. The lowest BCUT2D eigenvalue weighted by molar-refractivity contribution is -0.130. The summed E-state index contributed by atoms with van der Waals surface area (Å²) in [5, 5.41) is 3.74. The maximum atomic E-state index is 13.4. The van der Waals surface area contributed by atoms with E-state index in [2.05, 4.69) is 53.0 Å². The molecule has 0 radical (unpaired) electrons. The van der Waals surface area contributed by atoms with Crippen LogP contribution in [0.5, 0.6) is 0 Å². The SMILES string of the molecule is C=CCn1c(=O)c2cnc(Nc3ccc(C4CCC(N5CCCC5=O)CC4)cc3)nc2n1-c1cccc(C2(C)COC2)n1. The number of fused-ring (bicyclic) bond motifs is 1. The van der Waals surface area contributed by atoms with Crippen molar-refractivity contribution in [2.75, 3.05) is 25.1 Å². The molecule has 43 heavy (non-hydrogen) atoms. The van der Waals surface area contributed by atoms with Crippen LogP contribution in [0.2, 0.25) is 0 Å². The van der Waals surface area contributed by atoms with Gasteiger partial charge in [-0.25, -0.2) is 19.3 Å².